The predicted molar refractivity (Wildman–Crippen MR) is 54.5 cm³/mol. The number of nitrogen functional groups attached to an aromatic ring is 1. The SMILES string of the molecule is COC(=O)c1ccnc(NCC(F)(F)F)c1N. The van der Waals surface area contributed by atoms with E-state index in [0.29, 0.717) is 0 Å². The monoisotopic (exact) mass is 249 g/mol. The smallest absolute Gasteiger partial charge is 0.405 e. The Morgan fingerprint density at radius 2 is 2.24 bits per heavy atom. The first-order chi connectivity index (χ1) is 7.85. The number of ether oxygens (including phenoxy) is 1. The molecule has 8 heteroatoms. The minimum Gasteiger partial charge on any atom is -0.465 e. The van der Waals surface area contributed by atoms with E-state index in [1.54, 1.807) is 0 Å². The molecule has 0 fully saturated rings. The Morgan fingerprint density at radius 3 is 2.76 bits per heavy atom. The van der Waals surface area contributed by atoms with E-state index in [1.165, 1.54) is 12.3 Å². The maximum absolute atomic E-state index is 12.0. The van der Waals surface area contributed by atoms with Gasteiger partial charge in [0, 0.05) is 6.20 Å². The van der Waals surface area contributed by atoms with Crippen molar-refractivity contribution in [1.82, 2.24) is 4.98 Å². The van der Waals surface area contributed by atoms with Gasteiger partial charge in [-0.1, -0.05) is 0 Å². The van der Waals surface area contributed by atoms with Gasteiger partial charge in [-0.25, -0.2) is 9.78 Å². The highest BCUT2D eigenvalue weighted by Crippen LogP contribution is 2.22. The summed E-state index contributed by atoms with van der Waals surface area (Å²) in [6.45, 7) is -1.28. The number of aromatic nitrogens is 1. The van der Waals surface area contributed by atoms with E-state index in [2.05, 4.69) is 9.72 Å². The lowest BCUT2D eigenvalue weighted by Gasteiger charge is -2.12. The first-order valence-electron chi connectivity index (χ1n) is 4.48. The van der Waals surface area contributed by atoms with Crippen molar-refractivity contribution in [1.29, 1.82) is 0 Å². The summed E-state index contributed by atoms with van der Waals surface area (Å²) in [4.78, 5) is 14.8. The van der Waals surface area contributed by atoms with Gasteiger partial charge in [0.2, 0.25) is 0 Å². The summed E-state index contributed by atoms with van der Waals surface area (Å²) < 4.78 is 40.3. The molecule has 1 aromatic heterocycles. The van der Waals surface area contributed by atoms with Crippen LogP contribution >= 0.6 is 0 Å². The van der Waals surface area contributed by atoms with Crippen LogP contribution in [-0.2, 0) is 4.74 Å². The number of nitrogens with zero attached hydrogens (tertiary/aromatic N) is 1. The van der Waals surface area contributed by atoms with E-state index in [9.17, 15) is 18.0 Å². The van der Waals surface area contributed by atoms with Crippen LogP contribution in [0.25, 0.3) is 0 Å². The van der Waals surface area contributed by atoms with Gasteiger partial charge < -0.3 is 15.8 Å². The summed E-state index contributed by atoms with van der Waals surface area (Å²) in [5, 5.41) is 2.00. The Kier molecular flexibility index (Phi) is 3.77. The number of rotatable bonds is 3. The second-order valence-electron chi connectivity index (χ2n) is 3.08. The number of alkyl halides is 3. The van der Waals surface area contributed by atoms with Crippen LogP contribution in [0.4, 0.5) is 24.7 Å². The van der Waals surface area contributed by atoms with Crippen LogP contribution in [0.15, 0.2) is 12.3 Å². The topological polar surface area (TPSA) is 77.2 Å². The van der Waals surface area contributed by atoms with Crippen LogP contribution in [-0.4, -0.2) is 30.8 Å². The number of halogens is 3. The van der Waals surface area contributed by atoms with Crippen LogP contribution < -0.4 is 11.1 Å². The number of anilines is 2. The van der Waals surface area contributed by atoms with Gasteiger partial charge in [-0.2, -0.15) is 13.2 Å². The molecule has 0 spiro atoms. The lowest BCUT2D eigenvalue weighted by Crippen LogP contribution is -2.22. The van der Waals surface area contributed by atoms with Gasteiger partial charge in [0.15, 0.2) is 0 Å². The predicted octanol–water partition coefficient (Wildman–Crippen LogP) is 1.42. The van der Waals surface area contributed by atoms with E-state index < -0.39 is 18.7 Å². The summed E-state index contributed by atoms with van der Waals surface area (Å²) in [5.41, 5.74) is 5.28. The number of carbonyl (C=O) groups excluding carboxylic acids is 1. The first-order valence-corrected chi connectivity index (χ1v) is 4.48. The molecule has 3 N–H and O–H groups in total. The molecule has 0 aromatic carbocycles. The fourth-order valence-electron chi connectivity index (χ4n) is 1.09. The zero-order chi connectivity index (χ0) is 13.1. The second kappa shape index (κ2) is 4.89. The molecule has 0 aliphatic heterocycles. The van der Waals surface area contributed by atoms with Gasteiger partial charge in [0.05, 0.1) is 18.4 Å². The highest BCUT2D eigenvalue weighted by Gasteiger charge is 2.27. The van der Waals surface area contributed by atoms with Crippen molar-refractivity contribution in [2.45, 2.75) is 6.18 Å². The van der Waals surface area contributed by atoms with E-state index in [-0.39, 0.29) is 17.1 Å². The maximum atomic E-state index is 12.0. The number of carbonyl (C=O) groups is 1. The number of esters is 1. The van der Waals surface area contributed by atoms with Crippen molar-refractivity contribution in [2.75, 3.05) is 24.7 Å². The molecule has 0 aliphatic carbocycles. The Bertz CT molecular complexity index is 420. The van der Waals surface area contributed by atoms with Crippen molar-refractivity contribution in [3.8, 4) is 0 Å². The minimum absolute atomic E-state index is 0.0350. The molecule has 1 rings (SSSR count). The molecular formula is C9H10F3N3O2. The second-order valence-corrected chi connectivity index (χ2v) is 3.08. The lowest BCUT2D eigenvalue weighted by molar-refractivity contribution is -0.115. The Morgan fingerprint density at radius 1 is 1.59 bits per heavy atom. The normalized spacial score (nSPS) is 11.1. The third-order valence-corrected chi connectivity index (χ3v) is 1.85. The molecule has 0 saturated heterocycles. The van der Waals surface area contributed by atoms with Crippen LogP contribution in [0.2, 0.25) is 0 Å². The van der Waals surface area contributed by atoms with E-state index in [4.69, 9.17) is 5.73 Å². The fraction of sp³-hybridized carbons (Fsp3) is 0.333. The van der Waals surface area contributed by atoms with Gasteiger partial charge in [-0.05, 0) is 6.07 Å². The highest BCUT2D eigenvalue weighted by atomic mass is 19.4. The van der Waals surface area contributed by atoms with Gasteiger partial charge in [-0.15, -0.1) is 0 Å². The van der Waals surface area contributed by atoms with E-state index in [1.807, 2.05) is 5.32 Å². The van der Waals surface area contributed by atoms with E-state index >= 15 is 0 Å². The molecule has 0 amide bonds. The molecule has 1 aromatic rings. The number of nitrogens with one attached hydrogen (secondary N) is 1. The summed E-state index contributed by atoms with van der Waals surface area (Å²) in [5.74, 6) is -0.940. The van der Waals surface area contributed by atoms with Crippen molar-refractivity contribution >= 4 is 17.5 Å². The van der Waals surface area contributed by atoms with Crippen molar-refractivity contribution in [3.63, 3.8) is 0 Å². The first kappa shape index (κ1) is 13.1. The highest BCUT2D eigenvalue weighted by molar-refractivity contribution is 5.97. The third kappa shape index (κ3) is 3.51. The van der Waals surface area contributed by atoms with Crippen LogP contribution in [0.3, 0.4) is 0 Å². The zero-order valence-corrected chi connectivity index (χ0v) is 8.84. The minimum atomic E-state index is -4.39. The molecule has 1 heterocycles. The summed E-state index contributed by atoms with van der Waals surface area (Å²) >= 11 is 0. The average Bonchev–Trinajstić information content (AvgIpc) is 2.25. The van der Waals surface area contributed by atoms with Crippen molar-refractivity contribution in [2.24, 2.45) is 0 Å². The standard InChI is InChI=1S/C9H10F3N3O2/c1-17-8(16)5-2-3-14-7(6(5)13)15-4-9(10,11)12/h2-3H,4,13H2,1H3,(H,14,15). The largest absolute Gasteiger partial charge is 0.465 e. The number of hydrogen-bond donors (Lipinski definition) is 2. The van der Waals surface area contributed by atoms with Crippen LogP contribution in [0, 0.1) is 0 Å². The molecule has 0 unspecified atom stereocenters. The molecule has 0 bridgehead atoms. The number of pyridine rings is 1. The average molecular weight is 249 g/mol. The Balaban J connectivity index is 2.91. The summed E-state index contributed by atoms with van der Waals surface area (Å²) in [6, 6.07) is 1.26. The molecule has 0 saturated carbocycles. The van der Waals surface area contributed by atoms with Gasteiger partial charge in [0.25, 0.3) is 0 Å². The van der Waals surface area contributed by atoms with Gasteiger partial charge >= 0.3 is 12.1 Å². The van der Waals surface area contributed by atoms with Crippen LogP contribution in [0.1, 0.15) is 10.4 Å². The molecule has 5 nitrogen and oxygen atoms in total. The van der Waals surface area contributed by atoms with Gasteiger partial charge in [0.1, 0.15) is 12.4 Å². The quantitative estimate of drug-likeness (QED) is 0.792. The third-order valence-electron chi connectivity index (χ3n) is 1.85. The number of methoxy groups -OCH3 is 1. The fourth-order valence-corrected chi connectivity index (χ4v) is 1.09. The van der Waals surface area contributed by atoms with Gasteiger partial charge in [-0.3, -0.25) is 0 Å². The number of nitrogens with two attached hydrogens (primary N) is 1. The Labute approximate surface area is 94.8 Å². The molecular weight excluding hydrogens is 239 g/mol. The molecule has 0 radical (unpaired) electrons. The van der Waals surface area contributed by atoms with Crippen LogP contribution in [0.5, 0.6) is 0 Å². The molecule has 0 aliphatic rings. The molecule has 0 atom stereocenters. The molecule has 94 valence electrons. The summed E-state index contributed by atoms with van der Waals surface area (Å²) in [7, 11) is 1.14. The van der Waals surface area contributed by atoms with Crippen molar-refractivity contribution < 1.29 is 22.7 Å². The molecule has 17 heavy (non-hydrogen) atoms. The zero-order valence-electron chi connectivity index (χ0n) is 8.84. The maximum Gasteiger partial charge on any atom is 0.405 e. The summed E-state index contributed by atoms with van der Waals surface area (Å²) in [6.07, 6.45) is -3.23. The van der Waals surface area contributed by atoms with E-state index in [0.717, 1.165) is 7.11 Å². The number of hydrogen-bond acceptors (Lipinski definition) is 5. The van der Waals surface area contributed by atoms with Crippen molar-refractivity contribution in [3.05, 3.63) is 17.8 Å². The Hall–Kier alpha value is -1.99. The lowest BCUT2D eigenvalue weighted by atomic mass is 10.2.